The maximum atomic E-state index is 12.4. The fourth-order valence-corrected chi connectivity index (χ4v) is 3.36. The molecular formula is C19H20N2O2S. The molecule has 1 aliphatic rings. The highest BCUT2D eigenvalue weighted by Gasteiger charge is 2.29. The number of urea groups is 1. The number of ether oxygens (including phenoxy) is 1. The van der Waals surface area contributed by atoms with Crippen LogP contribution in [0.5, 0.6) is 0 Å². The van der Waals surface area contributed by atoms with Gasteiger partial charge in [-0.3, -0.25) is 0 Å². The smallest absolute Gasteiger partial charge is 0.318 e. The maximum Gasteiger partial charge on any atom is 0.318 e. The fourth-order valence-electron chi connectivity index (χ4n) is 2.66. The second-order valence-electron chi connectivity index (χ2n) is 5.72. The van der Waals surface area contributed by atoms with E-state index >= 15 is 0 Å². The summed E-state index contributed by atoms with van der Waals surface area (Å²) in [5.74, 6) is 6.02. The van der Waals surface area contributed by atoms with Crippen molar-refractivity contribution in [1.29, 1.82) is 0 Å². The van der Waals surface area contributed by atoms with Crippen LogP contribution in [0.25, 0.3) is 0 Å². The van der Waals surface area contributed by atoms with Crippen LogP contribution in [0, 0.1) is 11.8 Å². The summed E-state index contributed by atoms with van der Waals surface area (Å²) >= 11 is 1.64. The van der Waals surface area contributed by atoms with Crippen molar-refractivity contribution in [3.8, 4) is 11.8 Å². The first-order chi connectivity index (χ1) is 11.7. The standard InChI is InChI=1S/C19H20N2O2S/c1-15-12-21(13-18(23-15)17-9-11-24-14-17)19(22)20-10-5-8-16-6-3-2-4-7-16/h2-4,6-7,9,11,14-15,18H,10,12-13H2,1H3,(H,20,22)/t15-,18-/m0/s1. The van der Waals surface area contributed by atoms with Crippen LogP contribution in [0.1, 0.15) is 24.2 Å². The fraction of sp³-hybridized carbons (Fsp3) is 0.316. The van der Waals surface area contributed by atoms with Crippen LogP contribution >= 0.6 is 11.3 Å². The molecule has 2 heterocycles. The van der Waals surface area contributed by atoms with Gasteiger partial charge in [-0.15, -0.1) is 0 Å². The third kappa shape index (κ3) is 4.38. The van der Waals surface area contributed by atoms with Gasteiger partial charge in [0.05, 0.1) is 19.2 Å². The van der Waals surface area contributed by atoms with Crippen LogP contribution in [0.2, 0.25) is 0 Å². The molecule has 1 aliphatic heterocycles. The van der Waals surface area contributed by atoms with Gasteiger partial charge in [0, 0.05) is 12.1 Å². The molecule has 0 aliphatic carbocycles. The molecular weight excluding hydrogens is 320 g/mol. The van der Waals surface area contributed by atoms with E-state index in [0.29, 0.717) is 19.6 Å². The van der Waals surface area contributed by atoms with Crippen LogP contribution in [0.4, 0.5) is 4.79 Å². The molecule has 0 saturated carbocycles. The predicted octanol–water partition coefficient (Wildman–Crippen LogP) is 3.27. The third-order valence-electron chi connectivity index (χ3n) is 3.80. The van der Waals surface area contributed by atoms with E-state index in [-0.39, 0.29) is 18.2 Å². The average Bonchev–Trinajstić information content (AvgIpc) is 3.13. The number of thiophene rings is 1. The van der Waals surface area contributed by atoms with Crippen molar-refractivity contribution >= 4 is 17.4 Å². The zero-order valence-electron chi connectivity index (χ0n) is 13.6. The lowest BCUT2D eigenvalue weighted by atomic mass is 10.1. The quantitative estimate of drug-likeness (QED) is 0.853. The van der Waals surface area contributed by atoms with Crippen LogP contribution in [0.3, 0.4) is 0 Å². The Kier molecular flexibility index (Phi) is 5.52. The number of rotatable bonds is 2. The highest BCUT2D eigenvalue weighted by molar-refractivity contribution is 7.07. The Balaban J connectivity index is 1.53. The summed E-state index contributed by atoms with van der Waals surface area (Å²) in [6, 6.07) is 11.7. The number of hydrogen-bond acceptors (Lipinski definition) is 3. The van der Waals surface area contributed by atoms with Crippen molar-refractivity contribution < 1.29 is 9.53 Å². The Bertz CT molecular complexity index is 719. The van der Waals surface area contributed by atoms with Crippen LogP contribution in [-0.4, -0.2) is 36.7 Å². The van der Waals surface area contributed by atoms with Gasteiger partial charge in [0.1, 0.15) is 6.10 Å². The zero-order valence-corrected chi connectivity index (χ0v) is 14.4. The molecule has 24 heavy (non-hydrogen) atoms. The molecule has 2 amide bonds. The first-order valence-corrected chi connectivity index (χ1v) is 8.91. The summed E-state index contributed by atoms with van der Waals surface area (Å²) in [6.07, 6.45) is -0.0362. The van der Waals surface area contributed by atoms with Gasteiger partial charge in [0.25, 0.3) is 0 Å². The van der Waals surface area contributed by atoms with E-state index in [4.69, 9.17) is 4.74 Å². The summed E-state index contributed by atoms with van der Waals surface area (Å²) in [6.45, 7) is 3.49. The minimum atomic E-state index is -0.0901. The first kappa shape index (κ1) is 16.6. The van der Waals surface area contributed by atoms with Gasteiger partial charge in [-0.05, 0) is 41.4 Å². The summed E-state index contributed by atoms with van der Waals surface area (Å²) in [5.41, 5.74) is 2.08. The Labute approximate surface area is 146 Å². The van der Waals surface area contributed by atoms with E-state index in [1.165, 1.54) is 0 Å². The van der Waals surface area contributed by atoms with Gasteiger partial charge in [-0.2, -0.15) is 11.3 Å². The van der Waals surface area contributed by atoms with E-state index in [2.05, 4.69) is 28.6 Å². The molecule has 2 aromatic rings. The van der Waals surface area contributed by atoms with E-state index in [1.54, 1.807) is 16.2 Å². The zero-order chi connectivity index (χ0) is 16.8. The Hall–Kier alpha value is -2.29. The Morgan fingerprint density at radius 2 is 2.17 bits per heavy atom. The van der Waals surface area contributed by atoms with Gasteiger partial charge >= 0.3 is 6.03 Å². The number of benzene rings is 1. The second-order valence-corrected chi connectivity index (χ2v) is 6.50. The normalized spacial score (nSPS) is 20.1. The molecule has 2 atom stereocenters. The van der Waals surface area contributed by atoms with Gasteiger partial charge < -0.3 is 15.0 Å². The lowest BCUT2D eigenvalue weighted by Gasteiger charge is -2.36. The van der Waals surface area contributed by atoms with Crippen molar-refractivity contribution in [2.24, 2.45) is 0 Å². The summed E-state index contributed by atoms with van der Waals surface area (Å²) < 4.78 is 5.95. The minimum Gasteiger partial charge on any atom is -0.367 e. The van der Waals surface area contributed by atoms with Gasteiger partial charge in [-0.1, -0.05) is 30.0 Å². The predicted molar refractivity (Wildman–Crippen MR) is 95.9 cm³/mol. The van der Waals surface area contributed by atoms with Gasteiger partial charge in [0.2, 0.25) is 0 Å². The number of nitrogens with one attached hydrogen (secondary N) is 1. The summed E-state index contributed by atoms with van der Waals surface area (Å²) in [5, 5.41) is 6.97. The monoisotopic (exact) mass is 340 g/mol. The lowest BCUT2D eigenvalue weighted by Crippen LogP contribution is -2.49. The number of amides is 2. The molecule has 0 unspecified atom stereocenters. The highest BCUT2D eigenvalue weighted by atomic mass is 32.1. The third-order valence-corrected chi connectivity index (χ3v) is 4.50. The summed E-state index contributed by atoms with van der Waals surface area (Å²) in [4.78, 5) is 14.2. The van der Waals surface area contributed by atoms with Crippen molar-refractivity contribution in [2.75, 3.05) is 19.6 Å². The van der Waals surface area contributed by atoms with E-state index in [9.17, 15) is 4.79 Å². The number of carbonyl (C=O) groups excluding carboxylic acids is 1. The molecule has 0 radical (unpaired) electrons. The molecule has 1 fully saturated rings. The topological polar surface area (TPSA) is 41.6 Å². The molecule has 4 nitrogen and oxygen atoms in total. The maximum absolute atomic E-state index is 12.4. The van der Waals surface area contributed by atoms with E-state index in [0.717, 1.165) is 11.1 Å². The number of morpholine rings is 1. The van der Waals surface area contributed by atoms with Crippen molar-refractivity contribution in [3.63, 3.8) is 0 Å². The average molecular weight is 340 g/mol. The second kappa shape index (κ2) is 8.00. The number of nitrogens with zero attached hydrogens (tertiary/aromatic N) is 1. The number of carbonyl (C=O) groups is 1. The molecule has 1 saturated heterocycles. The SMILES string of the molecule is C[C@H]1CN(C(=O)NCC#Cc2ccccc2)C[C@@H](c2ccsc2)O1. The molecule has 3 rings (SSSR count). The Morgan fingerprint density at radius 3 is 2.92 bits per heavy atom. The van der Waals surface area contributed by atoms with Crippen LogP contribution < -0.4 is 5.32 Å². The van der Waals surface area contributed by atoms with Crippen LogP contribution in [-0.2, 0) is 4.74 Å². The molecule has 1 N–H and O–H groups in total. The lowest BCUT2D eigenvalue weighted by molar-refractivity contribution is -0.0654. The highest BCUT2D eigenvalue weighted by Crippen LogP contribution is 2.26. The van der Waals surface area contributed by atoms with Crippen molar-refractivity contribution in [1.82, 2.24) is 10.2 Å². The van der Waals surface area contributed by atoms with Crippen LogP contribution in [0.15, 0.2) is 47.2 Å². The summed E-state index contributed by atoms with van der Waals surface area (Å²) in [7, 11) is 0. The molecule has 0 bridgehead atoms. The first-order valence-electron chi connectivity index (χ1n) is 7.96. The largest absolute Gasteiger partial charge is 0.367 e. The van der Waals surface area contributed by atoms with E-state index in [1.807, 2.05) is 42.6 Å². The molecule has 0 spiro atoms. The van der Waals surface area contributed by atoms with Crippen molar-refractivity contribution in [3.05, 3.63) is 58.3 Å². The number of hydrogen-bond donors (Lipinski definition) is 1. The molecule has 5 heteroatoms. The Morgan fingerprint density at radius 1 is 1.33 bits per heavy atom. The van der Waals surface area contributed by atoms with Gasteiger partial charge in [0.15, 0.2) is 0 Å². The van der Waals surface area contributed by atoms with E-state index < -0.39 is 0 Å². The van der Waals surface area contributed by atoms with Crippen molar-refractivity contribution in [2.45, 2.75) is 19.1 Å². The van der Waals surface area contributed by atoms with Gasteiger partial charge in [-0.25, -0.2) is 4.79 Å². The molecule has 1 aromatic heterocycles. The molecule has 124 valence electrons. The molecule has 1 aromatic carbocycles. The minimum absolute atomic E-state index is 0.0183.